The van der Waals surface area contributed by atoms with Crippen molar-refractivity contribution in [2.45, 2.75) is 38.3 Å². The molecular formula is C13H20N2O2S. The van der Waals surface area contributed by atoms with E-state index in [4.69, 9.17) is 0 Å². The molecule has 0 amide bonds. The number of likely N-dealkylation sites (N-methyl/N-ethyl adjacent to an activating group) is 1. The molecule has 1 unspecified atom stereocenters. The van der Waals surface area contributed by atoms with Gasteiger partial charge in [0, 0.05) is 11.4 Å². The minimum atomic E-state index is -0.918. The number of carbonyl (C=O) groups is 1. The van der Waals surface area contributed by atoms with E-state index in [1.165, 1.54) is 11.8 Å². The minimum absolute atomic E-state index is 0.450. The first kappa shape index (κ1) is 15.0. The summed E-state index contributed by atoms with van der Waals surface area (Å²) >= 11 is 1.47. The molecule has 0 bridgehead atoms. The molecule has 1 atom stereocenters. The molecule has 1 rings (SSSR count). The summed E-state index contributed by atoms with van der Waals surface area (Å²) in [5.74, 6) is -0.382. The summed E-state index contributed by atoms with van der Waals surface area (Å²) in [5, 5.41) is 13.1. The number of aromatic nitrogens is 1. The number of carboxylic acid groups (broad SMARTS) is 1. The van der Waals surface area contributed by atoms with E-state index in [0.29, 0.717) is 12.3 Å². The SMILES string of the molecule is CCNC(C)(CSc1cc(C)cc(C)n1)C(=O)O. The number of aliphatic carboxylic acids is 1. The highest BCUT2D eigenvalue weighted by Gasteiger charge is 2.32. The van der Waals surface area contributed by atoms with Gasteiger partial charge in [0.2, 0.25) is 0 Å². The molecule has 1 aromatic rings. The Hall–Kier alpha value is -1.07. The lowest BCUT2D eigenvalue weighted by Crippen LogP contribution is -2.51. The van der Waals surface area contributed by atoms with Gasteiger partial charge in [-0.15, -0.1) is 11.8 Å². The third-order valence-corrected chi connectivity index (χ3v) is 3.85. The summed E-state index contributed by atoms with van der Waals surface area (Å²) < 4.78 is 0. The largest absolute Gasteiger partial charge is 0.480 e. The lowest BCUT2D eigenvalue weighted by atomic mass is 10.1. The van der Waals surface area contributed by atoms with Crippen molar-refractivity contribution in [3.8, 4) is 0 Å². The summed E-state index contributed by atoms with van der Waals surface area (Å²) in [7, 11) is 0. The van der Waals surface area contributed by atoms with Gasteiger partial charge in [-0.05, 0) is 45.0 Å². The standard InChI is InChI=1S/C13H20N2O2S/c1-5-14-13(4,12(16)17)8-18-11-7-9(2)6-10(3)15-11/h6-7,14H,5,8H2,1-4H3,(H,16,17). The molecule has 0 radical (unpaired) electrons. The van der Waals surface area contributed by atoms with Crippen LogP contribution in [-0.2, 0) is 4.79 Å². The molecule has 0 spiro atoms. The lowest BCUT2D eigenvalue weighted by molar-refractivity contribution is -0.143. The molecule has 1 aromatic heterocycles. The Labute approximate surface area is 112 Å². The van der Waals surface area contributed by atoms with E-state index in [9.17, 15) is 9.90 Å². The number of thioether (sulfide) groups is 1. The van der Waals surface area contributed by atoms with Gasteiger partial charge in [-0.3, -0.25) is 4.79 Å². The first-order valence-corrected chi connectivity index (χ1v) is 6.92. The summed E-state index contributed by atoms with van der Waals surface area (Å²) in [6.07, 6.45) is 0. The van der Waals surface area contributed by atoms with Gasteiger partial charge in [-0.2, -0.15) is 0 Å². The van der Waals surface area contributed by atoms with Gasteiger partial charge >= 0.3 is 5.97 Å². The summed E-state index contributed by atoms with van der Waals surface area (Å²) in [4.78, 5) is 15.7. The molecule has 5 heteroatoms. The van der Waals surface area contributed by atoms with Crippen molar-refractivity contribution in [2.24, 2.45) is 0 Å². The monoisotopic (exact) mass is 268 g/mol. The third-order valence-electron chi connectivity index (χ3n) is 2.62. The van der Waals surface area contributed by atoms with Crippen LogP contribution in [0.3, 0.4) is 0 Å². The first-order chi connectivity index (χ1) is 8.37. The molecule has 0 fully saturated rings. The van der Waals surface area contributed by atoms with Crippen LogP contribution in [0.5, 0.6) is 0 Å². The van der Waals surface area contributed by atoms with Crippen molar-refractivity contribution in [1.29, 1.82) is 0 Å². The highest BCUT2D eigenvalue weighted by atomic mass is 32.2. The zero-order valence-electron chi connectivity index (χ0n) is 11.3. The maximum absolute atomic E-state index is 11.3. The van der Waals surface area contributed by atoms with E-state index in [-0.39, 0.29) is 0 Å². The third kappa shape index (κ3) is 3.99. The van der Waals surface area contributed by atoms with Gasteiger partial charge in [-0.25, -0.2) is 4.98 Å². The molecule has 1 heterocycles. The highest BCUT2D eigenvalue weighted by molar-refractivity contribution is 7.99. The number of carboxylic acids is 1. The molecule has 0 aliphatic heterocycles. The van der Waals surface area contributed by atoms with Crippen LogP contribution in [0.1, 0.15) is 25.1 Å². The Morgan fingerprint density at radius 2 is 2.17 bits per heavy atom. The number of nitrogens with zero attached hydrogens (tertiary/aromatic N) is 1. The fourth-order valence-corrected chi connectivity index (χ4v) is 2.81. The normalized spacial score (nSPS) is 14.2. The maximum Gasteiger partial charge on any atom is 0.324 e. The Morgan fingerprint density at radius 1 is 1.50 bits per heavy atom. The van der Waals surface area contributed by atoms with Crippen molar-refractivity contribution in [3.05, 3.63) is 23.4 Å². The molecular weight excluding hydrogens is 248 g/mol. The predicted molar refractivity (Wildman–Crippen MR) is 74.2 cm³/mol. The zero-order chi connectivity index (χ0) is 13.8. The van der Waals surface area contributed by atoms with E-state index in [2.05, 4.69) is 10.3 Å². The van der Waals surface area contributed by atoms with Gasteiger partial charge in [0.25, 0.3) is 0 Å². The van der Waals surface area contributed by atoms with Gasteiger partial charge in [-0.1, -0.05) is 6.92 Å². The fourth-order valence-electron chi connectivity index (χ4n) is 1.68. The van der Waals surface area contributed by atoms with E-state index >= 15 is 0 Å². The molecule has 0 saturated carbocycles. The topological polar surface area (TPSA) is 62.2 Å². The quantitative estimate of drug-likeness (QED) is 0.775. The van der Waals surface area contributed by atoms with Crippen LogP contribution in [0.2, 0.25) is 0 Å². The van der Waals surface area contributed by atoms with Gasteiger partial charge in [0.05, 0.1) is 5.03 Å². The molecule has 0 aliphatic rings. The van der Waals surface area contributed by atoms with Crippen LogP contribution in [0, 0.1) is 13.8 Å². The van der Waals surface area contributed by atoms with Gasteiger partial charge in [0.15, 0.2) is 0 Å². The smallest absolute Gasteiger partial charge is 0.324 e. The van der Waals surface area contributed by atoms with Crippen LogP contribution >= 0.6 is 11.8 Å². The van der Waals surface area contributed by atoms with Crippen LogP contribution in [-0.4, -0.2) is 33.9 Å². The number of pyridine rings is 1. The summed E-state index contributed by atoms with van der Waals surface area (Å²) in [6, 6.07) is 3.98. The van der Waals surface area contributed by atoms with Crippen molar-refractivity contribution in [3.63, 3.8) is 0 Å². The molecule has 0 aromatic carbocycles. The van der Waals surface area contributed by atoms with E-state index in [0.717, 1.165) is 16.3 Å². The van der Waals surface area contributed by atoms with Crippen molar-refractivity contribution in [1.82, 2.24) is 10.3 Å². The second-order valence-corrected chi connectivity index (χ2v) is 5.58. The van der Waals surface area contributed by atoms with E-state index < -0.39 is 11.5 Å². The van der Waals surface area contributed by atoms with Crippen molar-refractivity contribution >= 4 is 17.7 Å². The number of nitrogens with one attached hydrogen (secondary N) is 1. The van der Waals surface area contributed by atoms with Crippen LogP contribution in [0.25, 0.3) is 0 Å². The maximum atomic E-state index is 11.3. The number of rotatable bonds is 6. The van der Waals surface area contributed by atoms with Crippen LogP contribution in [0.15, 0.2) is 17.2 Å². The number of hydrogen-bond acceptors (Lipinski definition) is 4. The molecule has 0 aliphatic carbocycles. The average molecular weight is 268 g/mol. The van der Waals surface area contributed by atoms with Crippen LogP contribution in [0.4, 0.5) is 0 Å². The first-order valence-electron chi connectivity index (χ1n) is 5.94. The molecule has 0 saturated heterocycles. The summed E-state index contributed by atoms with van der Waals surface area (Å²) in [6.45, 7) is 8.19. The zero-order valence-corrected chi connectivity index (χ0v) is 12.1. The second kappa shape index (κ2) is 6.20. The Bertz CT molecular complexity index is 417. The number of hydrogen-bond donors (Lipinski definition) is 2. The van der Waals surface area contributed by atoms with Crippen molar-refractivity contribution < 1.29 is 9.90 Å². The van der Waals surface area contributed by atoms with E-state index in [1.807, 2.05) is 32.9 Å². The fraction of sp³-hybridized carbons (Fsp3) is 0.538. The molecule has 18 heavy (non-hydrogen) atoms. The minimum Gasteiger partial charge on any atom is -0.480 e. The second-order valence-electron chi connectivity index (χ2n) is 4.58. The number of aryl methyl sites for hydroxylation is 2. The summed E-state index contributed by atoms with van der Waals surface area (Å²) in [5.41, 5.74) is 1.18. The van der Waals surface area contributed by atoms with Gasteiger partial charge < -0.3 is 10.4 Å². The lowest BCUT2D eigenvalue weighted by Gasteiger charge is -2.25. The Kier molecular flexibility index (Phi) is 5.16. The Balaban J connectivity index is 2.76. The molecule has 4 nitrogen and oxygen atoms in total. The van der Waals surface area contributed by atoms with Crippen LogP contribution < -0.4 is 5.32 Å². The Morgan fingerprint density at radius 3 is 2.67 bits per heavy atom. The molecule has 2 N–H and O–H groups in total. The van der Waals surface area contributed by atoms with Crippen molar-refractivity contribution in [2.75, 3.05) is 12.3 Å². The molecule has 100 valence electrons. The highest BCUT2D eigenvalue weighted by Crippen LogP contribution is 2.22. The van der Waals surface area contributed by atoms with Gasteiger partial charge in [0.1, 0.15) is 5.54 Å². The van der Waals surface area contributed by atoms with E-state index in [1.54, 1.807) is 6.92 Å². The average Bonchev–Trinajstić information content (AvgIpc) is 2.25. The predicted octanol–water partition coefficient (Wildman–Crippen LogP) is 2.24.